The van der Waals surface area contributed by atoms with Crippen LogP contribution in [-0.4, -0.2) is 6.61 Å². The molecule has 0 N–H and O–H groups in total. The van der Waals surface area contributed by atoms with Gasteiger partial charge in [-0.1, -0.05) is 18.2 Å². The first kappa shape index (κ1) is 7.62. The smallest absolute Gasteiger partial charge is 0.119 e. The molecule has 0 saturated carbocycles. The molecular formula is C9H8NO. The third kappa shape index (κ3) is 2.72. The SMILES string of the molecule is N#C[CH]COc1ccccc1. The highest BCUT2D eigenvalue weighted by molar-refractivity contribution is 5.21. The predicted octanol–water partition coefficient (Wildman–Crippen LogP) is 1.79. The molecule has 0 amide bonds. The minimum atomic E-state index is 0.348. The summed E-state index contributed by atoms with van der Waals surface area (Å²) in [6.45, 7) is 0.348. The van der Waals surface area contributed by atoms with Crippen LogP contribution in [0.3, 0.4) is 0 Å². The van der Waals surface area contributed by atoms with Gasteiger partial charge in [0.1, 0.15) is 12.4 Å². The number of rotatable bonds is 3. The van der Waals surface area contributed by atoms with Crippen molar-refractivity contribution >= 4 is 0 Å². The van der Waals surface area contributed by atoms with Crippen molar-refractivity contribution in [3.63, 3.8) is 0 Å². The predicted molar refractivity (Wildman–Crippen MR) is 41.9 cm³/mol. The molecule has 1 aromatic rings. The first-order valence-corrected chi connectivity index (χ1v) is 3.32. The van der Waals surface area contributed by atoms with Crippen molar-refractivity contribution < 1.29 is 4.74 Å². The summed E-state index contributed by atoms with van der Waals surface area (Å²) >= 11 is 0. The van der Waals surface area contributed by atoms with Gasteiger partial charge in [-0.2, -0.15) is 5.26 Å². The minimum absolute atomic E-state index is 0.348. The second-order valence-electron chi connectivity index (χ2n) is 1.96. The second kappa shape index (κ2) is 4.35. The first-order valence-electron chi connectivity index (χ1n) is 3.32. The van der Waals surface area contributed by atoms with Gasteiger partial charge in [0.05, 0.1) is 12.5 Å². The quantitative estimate of drug-likeness (QED) is 0.609. The lowest BCUT2D eigenvalue weighted by Gasteiger charge is -2.00. The Balaban J connectivity index is 2.35. The van der Waals surface area contributed by atoms with Crippen LogP contribution < -0.4 is 4.74 Å². The molecule has 2 heteroatoms. The van der Waals surface area contributed by atoms with Crippen LogP contribution in [0.1, 0.15) is 0 Å². The monoisotopic (exact) mass is 146 g/mol. The zero-order valence-corrected chi connectivity index (χ0v) is 6.03. The summed E-state index contributed by atoms with van der Waals surface area (Å²) in [5.41, 5.74) is 0. The van der Waals surface area contributed by atoms with Crippen LogP contribution in [0.15, 0.2) is 30.3 Å². The average molecular weight is 146 g/mol. The molecule has 0 saturated heterocycles. The molecule has 0 unspecified atom stereocenters. The van der Waals surface area contributed by atoms with Crippen molar-refractivity contribution in [3.05, 3.63) is 36.8 Å². The van der Waals surface area contributed by atoms with Gasteiger partial charge in [0, 0.05) is 0 Å². The largest absolute Gasteiger partial charge is 0.492 e. The first-order chi connectivity index (χ1) is 5.43. The number of hydrogen-bond acceptors (Lipinski definition) is 2. The summed E-state index contributed by atoms with van der Waals surface area (Å²) in [4.78, 5) is 0. The topological polar surface area (TPSA) is 33.0 Å². The van der Waals surface area contributed by atoms with Gasteiger partial charge in [-0.05, 0) is 12.1 Å². The van der Waals surface area contributed by atoms with Gasteiger partial charge in [-0.25, -0.2) is 0 Å². The maximum absolute atomic E-state index is 8.16. The van der Waals surface area contributed by atoms with E-state index in [4.69, 9.17) is 10.00 Å². The van der Waals surface area contributed by atoms with Gasteiger partial charge in [-0.3, -0.25) is 0 Å². The lowest BCUT2D eigenvalue weighted by atomic mass is 10.3. The van der Waals surface area contributed by atoms with Crippen LogP contribution in [0.25, 0.3) is 0 Å². The summed E-state index contributed by atoms with van der Waals surface area (Å²) in [6.07, 6.45) is 1.41. The molecule has 1 aromatic carbocycles. The minimum Gasteiger partial charge on any atom is -0.492 e. The van der Waals surface area contributed by atoms with Crippen molar-refractivity contribution in [2.45, 2.75) is 0 Å². The van der Waals surface area contributed by atoms with Gasteiger partial charge in [0.15, 0.2) is 0 Å². The molecule has 0 spiro atoms. The van der Waals surface area contributed by atoms with Crippen molar-refractivity contribution in [2.75, 3.05) is 6.61 Å². The number of nitriles is 1. The van der Waals surface area contributed by atoms with Gasteiger partial charge >= 0.3 is 0 Å². The molecule has 0 bridgehead atoms. The molecule has 0 aliphatic rings. The Kier molecular flexibility index (Phi) is 3.01. The fourth-order valence-corrected chi connectivity index (χ4v) is 0.692. The highest BCUT2D eigenvalue weighted by Crippen LogP contribution is 2.07. The lowest BCUT2D eigenvalue weighted by Crippen LogP contribution is -1.95. The molecule has 1 rings (SSSR count). The summed E-state index contributed by atoms with van der Waals surface area (Å²) < 4.78 is 5.17. The fraction of sp³-hybridized carbons (Fsp3) is 0.111. The summed E-state index contributed by atoms with van der Waals surface area (Å²) in [5, 5.41) is 8.16. The number of benzene rings is 1. The molecule has 55 valence electrons. The maximum Gasteiger partial charge on any atom is 0.119 e. The van der Waals surface area contributed by atoms with Crippen molar-refractivity contribution in [1.82, 2.24) is 0 Å². The normalized spacial score (nSPS) is 8.64. The Bertz CT molecular complexity index is 237. The molecule has 1 radical (unpaired) electrons. The van der Waals surface area contributed by atoms with E-state index in [1.165, 1.54) is 6.42 Å². The number of ether oxygens (including phenoxy) is 1. The van der Waals surface area contributed by atoms with Gasteiger partial charge in [0.2, 0.25) is 0 Å². The highest BCUT2D eigenvalue weighted by Gasteiger charge is 1.88. The molecule has 11 heavy (non-hydrogen) atoms. The molecule has 0 heterocycles. The molecule has 0 fully saturated rings. The zero-order chi connectivity index (χ0) is 7.94. The van der Waals surface area contributed by atoms with E-state index in [0.29, 0.717) is 6.61 Å². The van der Waals surface area contributed by atoms with Gasteiger partial charge < -0.3 is 4.74 Å². The molecule has 0 aliphatic carbocycles. The van der Waals surface area contributed by atoms with Crippen molar-refractivity contribution in [3.8, 4) is 11.8 Å². The Morgan fingerprint density at radius 2 is 2.09 bits per heavy atom. The highest BCUT2D eigenvalue weighted by atomic mass is 16.5. The van der Waals surface area contributed by atoms with Crippen molar-refractivity contribution in [2.24, 2.45) is 0 Å². The van der Waals surface area contributed by atoms with Gasteiger partial charge in [0.25, 0.3) is 0 Å². The molecule has 2 nitrogen and oxygen atoms in total. The third-order valence-electron chi connectivity index (χ3n) is 1.17. The van der Waals surface area contributed by atoms with Crippen LogP contribution in [0.4, 0.5) is 0 Å². The molecule has 0 aliphatic heterocycles. The summed E-state index contributed by atoms with van der Waals surface area (Å²) in [7, 11) is 0. The Hall–Kier alpha value is -1.49. The van der Waals surface area contributed by atoms with Crippen LogP contribution in [-0.2, 0) is 0 Å². The van der Waals surface area contributed by atoms with E-state index in [0.717, 1.165) is 5.75 Å². The van der Waals surface area contributed by atoms with Crippen LogP contribution >= 0.6 is 0 Å². The van der Waals surface area contributed by atoms with E-state index in [9.17, 15) is 0 Å². The van der Waals surface area contributed by atoms with E-state index in [1.54, 1.807) is 0 Å². The molecular weight excluding hydrogens is 138 g/mol. The zero-order valence-electron chi connectivity index (χ0n) is 6.03. The maximum atomic E-state index is 8.16. The second-order valence-corrected chi connectivity index (χ2v) is 1.96. The fourth-order valence-electron chi connectivity index (χ4n) is 0.692. The third-order valence-corrected chi connectivity index (χ3v) is 1.17. The summed E-state index contributed by atoms with van der Waals surface area (Å²) in [5.74, 6) is 0.791. The van der Waals surface area contributed by atoms with Crippen LogP contribution in [0.5, 0.6) is 5.75 Å². The van der Waals surface area contributed by atoms with Crippen LogP contribution in [0.2, 0.25) is 0 Å². The van der Waals surface area contributed by atoms with E-state index in [-0.39, 0.29) is 0 Å². The number of hydrogen-bond donors (Lipinski definition) is 0. The number of para-hydroxylation sites is 1. The lowest BCUT2D eigenvalue weighted by molar-refractivity contribution is 0.354. The molecule has 0 aromatic heterocycles. The Labute approximate surface area is 66.0 Å². The van der Waals surface area contributed by atoms with Crippen molar-refractivity contribution in [1.29, 1.82) is 5.26 Å². The van der Waals surface area contributed by atoms with E-state index < -0.39 is 0 Å². The number of nitrogens with zero attached hydrogens (tertiary/aromatic N) is 1. The standard InChI is InChI=1S/C9H8NO/c10-7-4-8-11-9-5-2-1-3-6-9/h1-6H,8H2. The summed E-state index contributed by atoms with van der Waals surface area (Å²) in [6, 6.07) is 11.3. The van der Waals surface area contributed by atoms with E-state index >= 15 is 0 Å². The Morgan fingerprint density at radius 3 is 2.73 bits per heavy atom. The van der Waals surface area contributed by atoms with Gasteiger partial charge in [-0.15, -0.1) is 0 Å². The average Bonchev–Trinajstić information content (AvgIpc) is 2.07. The molecule has 0 atom stereocenters. The van der Waals surface area contributed by atoms with E-state index in [1.807, 2.05) is 36.4 Å². The Morgan fingerprint density at radius 1 is 1.36 bits per heavy atom. The van der Waals surface area contributed by atoms with Crippen LogP contribution in [0, 0.1) is 17.8 Å². The van der Waals surface area contributed by atoms with E-state index in [2.05, 4.69) is 0 Å².